The molecule has 0 aromatic carbocycles. The van der Waals surface area contributed by atoms with Crippen LogP contribution < -0.4 is 0 Å². The van der Waals surface area contributed by atoms with E-state index in [1.54, 1.807) is 6.92 Å². The fraction of sp³-hybridized carbons (Fsp3) is 0.844. The normalized spacial score (nSPS) is 53.1. The standard InChI is InChI=1S/C32H48O10/c1-5-6-25-41-24-12-20-19-8-7-17-11-18(34)9-10-30(17,3)26(19)21(35)13-31(20,4)32(24,42-25)23(36)15-39-29-28(38)16(2)27(37)22(14-33)40-29/h9-11,16,18-22,24-29,33-35,37-38H,5-8,12-15H2,1-4H3/t16-,18?,19-,20-,21-,22+,24+,25?,26+,27-,28+,29+,30-,31-,32+/m0/s1. The molecule has 2 aliphatic heterocycles. The van der Waals surface area contributed by atoms with Crippen LogP contribution in [0.3, 0.4) is 0 Å². The Labute approximate surface area is 247 Å². The maximum absolute atomic E-state index is 14.4. The van der Waals surface area contributed by atoms with Gasteiger partial charge in [-0.05, 0) is 43.9 Å². The summed E-state index contributed by atoms with van der Waals surface area (Å²) in [5.74, 6) is -0.791. The van der Waals surface area contributed by atoms with Gasteiger partial charge in [-0.1, -0.05) is 57.9 Å². The van der Waals surface area contributed by atoms with Crippen molar-refractivity contribution in [2.75, 3.05) is 13.2 Å². The summed E-state index contributed by atoms with van der Waals surface area (Å²) >= 11 is 0. The van der Waals surface area contributed by atoms with Gasteiger partial charge >= 0.3 is 0 Å². The predicted octanol–water partition coefficient (Wildman–Crippen LogP) is 1.61. The molecule has 0 aromatic rings. The third-order valence-electron chi connectivity index (χ3n) is 11.9. The van der Waals surface area contributed by atoms with Gasteiger partial charge in [0.1, 0.15) is 18.8 Å². The third kappa shape index (κ3) is 4.35. The highest BCUT2D eigenvalue weighted by molar-refractivity contribution is 5.91. The highest BCUT2D eigenvalue weighted by atomic mass is 16.7. The summed E-state index contributed by atoms with van der Waals surface area (Å²) in [7, 11) is 0. The van der Waals surface area contributed by atoms with Crippen molar-refractivity contribution in [2.45, 2.75) is 121 Å². The Morgan fingerprint density at radius 1 is 1.14 bits per heavy atom. The first-order valence-corrected chi connectivity index (χ1v) is 15.8. The van der Waals surface area contributed by atoms with Crippen molar-refractivity contribution in [3.63, 3.8) is 0 Å². The second-order valence-electron chi connectivity index (χ2n) is 14.1. The number of allylic oxidation sites excluding steroid dienone is 2. The summed E-state index contributed by atoms with van der Waals surface area (Å²) in [5, 5.41) is 52.8. The molecule has 3 saturated carbocycles. The van der Waals surface area contributed by atoms with Crippen LogP contribution in [0.1, 0.15) is 66.2 Å². The first-order valence-electron chi connectivity index (χ1n) is 15.8. The summed E-state index contributed by atoms with van der Waals surface area (Å²) < 4.78 is 24.7. The number of hydrogen-bond acceptors (Lipinski definition) is 10. The van der Waals surface area contributed by atoms with Gasteiger partial charge < -0.3 is 44.5 Å². The number of fused-ring (bicyclic) bond motifs is 7. The van der Waals surface area contributed by atoms with Crippen molar-refractivity contribution in [2.24, 2.45) is 34.5 Å². The van der Waals surface area contributed by atoms with Crippen LogP contribution in [0.4, 0.5) is 0 Å². The zero-order valence-corrected chi connectivity index (χ0v) is 25.1. The molecule has 15 atom stereocenters. The molecule has 2 unspecified atom stereocenters. The van der Waals surface area contributed by atoms with Crippen LogP contribution in [0.25, 0.3) is 0 Å². The van der Waals surface area contributed by atoms with E-state index in [0.29, 0.717) is 19.3 Å². The van der Waals surface area contributed by atoms with Crippen molar-refractivity contribution in [3.8, 4) is 0 Å². The van der Waals surface area contributed by atoms with Crippen molar-refractivity contribution in [1.29, 1.82) is 0 Å². The molecule has 0 spiro atoms. The first-order chi connectivity index (χ1) is 19.9. The van der Waals surface area contributed by atoms with Crippen LogP contribution in [0.5, 0.6) is 0 Å². The van der Waals surface area contributed by atoms with E-state index in [4.69, 9.17) is 18.9 Å². The highest BCUT2D eigenvalue weighted by Crippen LogP contribution is 2.69. The molecule has 10 nitrogen and oxygen atoms in total. The first kappa shape index (κ1) is 30.8. The number of carbonyl (C=O) groups excluding carboxylic acids is 1. The number of hydrogen-bond donors (Lipinski definition) is 5. The second kappa shape index (κ2) is 11.0. The Balaban J connectivity index is 1.29. The minimum atomic E-state index is -1.33. The number of aliphatic hydroxyl groups is 5. The SMILES string of the molecule is CCCC1O[C@@H]2C[C@H]3[C@@H]4CCC5=CC(O)C=C[C@]5(C)[C@H]4[C@@H](O)C[C@]3(C)[C@]2(C(=O)CO[C@@H]2O[C@H](CO)[C@@H](O)[C@H](C)[C@H]2O)O1. The molecule has 2 saturated heterocycles. The van der Waals surface area contributed by atoms with Crippen LogP contribution >= 0.6 is 0 Å². The summed E-state index contributed by atoms with van der Waals surface area (Å²) in [6.45, 7) is 7.05. The number of ether oxygens (including phenoxy) is 4. The lowest BCUT2D eigenvalue weighted by atomic mass is 9.46. The van der Waals surface area contributed by atoms with E-state index in [-0.39, 0.29) is 29.0 Å². The van der Waals surface area contributed by atoms with Gasteiger partial charge in [0.2, 0.25) is 0 Å². The lowest BCUT2D eigenvalue weighted by Gasteiger charge is -2.60. The molecule has 6 aliphatic rings. The smallest absolute Gasteiger partial charge is 0.193 e. The maximum Gasteiger partial charge on any atom is 0.193 e. The van der Waals surface area contributed by atoms with Gasteiger partial charge in [-0.2, -0.15) is 0 Å². The van der Waals surface area contributed by atoms with Gasteiger partial charge in [0.25, 0.3) is 0 Å². The monoisotopic (exact) mass is 592 g/mol. The van der Waals surface area contributed by atoms with Crippen LogP contribution in [-0.4, -0.2) is 99.3 Å². The molecule has 4 aliphatic carbocycles. The Hall–Kier alpha value is -1.21. The zero-order valence-electron chi connectivity index (χ0n) is 25.1. The number of rotatable bonds is 7. The molecule has 0 aromatic heterocycles. The third-order valence-corrected chi connectivity index (χ3v) is 11.9. The van der Waals surface area contributed by atoms with Crippen molar-refractivity contribution in [3.05, 3.63) is 23.8 Å². The van der Waals surface area contributed by atoms with Gasteiger partial charge in [-0.15, -0.1) is 0 Å². The van der Waals surface area contributed by atoms with Gasteiger partial charge in [0.15, 0.2) is 24.0 Å². The average Bonchev–Trinajstić information content (AvgIpc) is 3.43. The minimum absolute atomic E-state index is 0.0536. The molecular formula is C32H48O10. The number of carbonyl (C=O) groups is 1. The average molecular weight is 593 g/mol. The molecule has 6 rings (SSSR count). The number of Topliss-reactive ketones (excluding diaryl/α,β-unsaturated/α-hetero) is 1. The van der Waals surface area contributed by atoms with E-state index in [1.165, 1.54) is 5.57 Å². The lowest BCUT2D eigenvalue weighted by Crippen LogP contribution is -2.64. The molecule has 5 fully saturated rings. The second-order valence-corrected chi connectivity index (χ2v) is 14.1. The van der Waals surface area contributed by atoms with Gasteiger partial charge in [0.05, 0.1) is 31.0 Å². The van der Waals surface area contributed by atoms with E-state index in [1.807, 2.05) is 19.1 Å². The Morgan fingerprint density at radius 3 is 2.62 bits per heavy atom. The zero-order chi connectivity index (χ0) is 30.2. The largest absolute Gasteiger partial charge is 0.394 e. The Kier molecular flexibility index (Phi) is 8.06. The number of ketones is 1. The quantitative estimate of drug-likeness (QED) is 0.275. The van der Waals surface area contributed by atoms with E-state index >= 15 is 0 Å². The van der Waals surface area contributed by atoms with Gasteiger partial charge in [-0.25, -0.2) is 0 Å². The molecule has 42 heavy (non-hydrogen) atoms. The summed E-state index contributed by atoms with van der Waals surface area (Å²) in [6.07, 6.45) is 3.20. The fourth-order valence-electron chi connectivity index (χ4n) is 9.80. The van der Waals surface area contributed by atoms with E-state index in [0.717, 1.165) is 19.3 Å². The van der Waals surface area contributed by atoms with Crippen molar-refractivity contribution in [1.82, 2.24) is 0 Å². The molecule has 0 amide bonds. The van der Waals surface area contributed by atoms with E-state index in [9.17, 15) is 30.3 Å². The molecule has 0 radical (unpaired) electrons. The lowest BCUT2D eigenvalue weighted by molar-refractivity contribution is -0.287. The van der Waals surface area contributed by atoms with E-state index in [2.05, 4.69) is 19.9 Å². The number of aliphatic hydroxyl groups excluding tert-OH is 5. The topological polar surface area (TPSA) is 155 Å². The molecule has 0 bridgehead atoms. The van der Waals surface area contributed by atoms with E-state index < -0.39 is 79.4 Å². The van der Waals surface area contributed by atoms with Crippen molar-refractivity contribution >= 4 is 5.78 Å². The predicted molar refractivity (Wildman–Crippen MR) is 150 cm³/mol. The molecule has 5 N–H and O–H groups in total. The molecule has 2 heterocycles. The van der Waals surface area contributed by atoms with Gasteiger partial charge in [0, 0.05) is 22.7 Å². The van der Waals surface area contributed by atoms with Crippen LogP contribution in [0.2, 0.25) is 0 Å². The minimum Gasteiger partial charge on any atom is -0.394 e. The summed E-state index contributed by atoms with van der Waals surface area (Å²) in [4.78, 5) is 14.4. The Morgan fingerprint density at radius 2 is 1.90 bits per heavy atom. The highest BCUT2D eigenvalue weighted by Gasteiger charge is 2.75. The molecule has 10 heteroatoms. The van der Waals surface area contributed by atoms with Crippen LogP contribution in [-0.2, 0) is 23.7 Å². The van der Waals surface area contributed by atoms with Crippen molar-refractivity contribution < 1.29 is 49.3 Å². The fourth-order valence-corrected chi connectivity index (χ4v) is 9.80. The summed E-state index contributed by atoms with van der Waals surface area (Å²) in [6, 6.07) is 0. The van der Waals surface area contributed by atoms with Gasteiger partial charge in [-0.3, -0.25) is 4.79 Å². The molecular weight excluding hydrogens is 544 g/mol. The van der Waals surface area contributed by atoms with Crippen LogP contribution in [0.15, 0.2) is 23.8 Å². The summed E-state index contributed by atoms with van der Waals surface area (Å²) in [5.41, 5.74) is -1.26. The maximum atomic E-state index is 14.4. The molecule has 236 valence electrons. The van der Waals surface area contributed by atoms with Crippen LogP contribution in [0, 0.1) is 34.5 Å². The Bertz CT molecular complexity index is 1110.